The zero-order chi connectivity index (χ0) is 12.3. The van der Waals surface area contributed by atoms with Crippen molar-refractivity contribution >= 4 is 22.6 Å². The second-order valence-electron chi connectivity index (χ2n) is 3.49. The van der Waals surface area contributed by atoms with Gasteiger partial charge in [-0.05, 0) is 52.9 Å². The first kappa shape index (κ1) is 12.3. The molecule has 0 spiro atoms. The Kier molecular flexibility index (Phi) is 3.96. The van der Waals surface area contributed by atoms with Crippen LogP contribution in [-0.4, -0.2) is 0 Å². The molecule has 2 aromatic carbocycles. The summed E-state index contributed by atoms with van der Waals surface area (Å²) >= 11 is 2.19. The molecule has 2 N–H and O–H groups in total. The Morgan fingerprint density at radius 3 is 2.59 bits per heavy atom. The second kappa shape index (κ2) is 5.46. The van der Waals surface area contributed by atoms with Crippen molar-refractivity contribution in [1.29, 1.82) is 0 Å². The summed E-state index contributed by atoms with van der Waals surface area (Å²) in [7, 11) is 0. The van der Waals surface area contributed by atoms with E-state index in [0.29, 0.717) is 11.3 Å². The topological polar surface area (TPSA) is 35.2 Å². The van der Waals surface area contributed by atoms with Crippen LogP contribution in [0, 0.1) is 9.39 Å². The minimum absolute atomic E-state index is 0.247. The molecule has 0 bridgehead atoms. The summed E-state index contributed by atoms with van der Waals surface area (Å²) in [5, 5.41) is 0. The number of benzene rings is 2. The van der Waals surface area contributed by atoms with Gasteiger partial charge in [0.15, 0.2) is 0 Å². The summed E-state index contributed by atoms with van der Waals surface area (Å²) in [5.41, 5.74) is 6.22. The van der Waals surface area contributed by atoms with Gasteiger partial charge in [0.25, 0.3) is 0 Å². The molecule has 4 heteroatoms. The number of hydrogen-bond acceptors (Lipinski definition) is 2. The van der Waals surface area contributed by atoms with Crippen LogP contribution in [0.25, 0.3) is 0 Å². The van der Waals surface area contributed by atoms with Gasteiger partial charge in [-0.1, -0.05) is 12.1 Å². The average Bonchev–Trinajstić information content (AvgIpc) is 2.34. The van der Waals surface area contributed by atoms with E-state index in [1.807, 2.05) is 24.3 Å². The third-order valence-corrected chi connectivity index (χ3v) is 3.19. The lowest BCUT2D eigenvalue weighted by atomic mass is 10.2. The largest absolute Gasteiger partial charge is 0.456 e. The second-order valence-corrected chi connectivity index (χ2v) is 4.65. The molecule has 0 heterocycles. The van der Waals surface area contributed by atoms with Crippen molar-refractivity contribution in [3.8, 4) is 11.5 Å². The van der Waals surface area contributed by atoms with Crippen molar-refractivity contribution in [3.63, 3.8) is 0 Å². The predicted molar refractivity (Wildman–Crippen MR) is 73.5 cm³/mol. The highest BCUT2D eigenvalue weighted by Crippen LogP contribution is 2.29. The van der Waals surface area contributed by atoms with E-state index in [0.717, 1.165) is 9.32 Å². The van der Waals surface area contributed by atoms with E-state index >= 15 is 0 Å². The lowest BCUT2D eigenvalue weighted by molar-refractivity contribution is 0.470. The summed E-state index contributed by atoms with van der Waals surface area (Å²) in [6, 6.07) is 12.0. The van der Waals surface area contributed by atoms with Crippen LogP contribution in [0.4, 0.5) is 4.39 Å². The molecule has 0 unspecified atom stereocenters. The minimum atomic E-state index is -0.305. The Bertz CT molecular complexity index is 531. The lowest BCUT2D eigenvalue weighted by Gasteiger charge is -2.11. The van der Waals surface area contributed by atoms with E-state index in [9.17, 15) is 4.39 Å². The normalized spacial score (nSPS) is 10.3. The van der Waals surface area contributed by atoms with Crippen molar-refractivity contribution in [3.05, 3.63) is 57.4 Å². The molecule has 0 radical (unpaired) electrons. The summed E-state index contributed by atoms with van der Waals surface area (Å²) < 4.78 is 19.8. The van der Waals surface area contributed by atoms with E-state index in [1.165, 1.54) is 12.1 Å². The molecule has 0 saturated carbocycles. The SMILES string of the molecule is NCc1cc(F)ccc1Oc1ccccc1I. The van der Waals surface area contributed by atoms with Crippen molar-refractivity contribution in [2.45, 2.75) is 6.54 Å². The molecule has 0 amide bonds. The van der Waals surface area contributed by atoms with Crippen LogP contribution in [0.1, 0.15) is 5.56 Å². The molecule has 17 heavy (non-hydrogen) atoms. The van der Waals surface area contributed by atoms with Gasteiger partial charge in [-0.3, -0.25) is 0 Å². The van der Waals surface area contributed by atoms with Gasteiger partial charge >= 0.3 is 0 Å². The van der Waals surface area contributed by atoms with Crippen molar-refractivity contribution < 1.29 is 9.13 Å². The molecule has 2 nitrogen and oxygen atoms in total. The zero-order valence-electron chi connectivity index (χ0n) is 8.99. The summed E-state index contributed by atoms with van der Waals surface area (Å²) in [5.74, 6) is 1.04. The maximum atomic E-state index is 13.0. The van der Waals surface area contributed by atoms with E-state index in [2.05, 4.69) is 22.6 Å². The molecular formula is C13H11FINO. The number of nitrogens with two attached hydrogens (primary N) is 1. The maximum absolute atomic E-state index is 13.0. The van der Waals surface area contributed by atoms with E-state index in [1.54, 1.807) is 6.07 Å². The minimum Gasteiger partial charge on any atom is -0.456 e. The monoisotopic (exact) mass is 343 g/mol. The van der Waals surface area contributed by atoms with Crippen LogP contribution in [-0.2, 0) is 6.54 Å². The average molecular weight is 343 g/mol. The van der Waals surface area contributed by atoms with Gasteiger partial charge in [-0.15, -0.1) is 0 Å². The van der Waals surface area contributed by atoms with Gasteiger partial charge in [-0.25, -0.2) is 4.39 Å². The molecule has 0 aromatic heterocycles. The Morgan fingerprint density at radius 1 is 1.12 bits per heavy atom. The Morgan fingerprint density at radius 2 is 1.88 bits per heavy atom. The molecule has 0 saturated heterocycles. The summed E-state index contributed by atoms with van der Waals surface area (Å²) in [4.78, 5) is 0. The first-order valence-electron chi connectivity index (χ1n) is 5.11. The van der Waals surface area contributed by atoms with Gasteiger partial charge in [-0.2, -0.15) is 0 Å². The predicted octanol–water partition coefficient (Wildman–Crippen LogP) is 3.68. The van der Waals surface area contributed by atoms with Crippen molar-refractivity contribution in [1.82, 2.24) is 0 Å². The Balaban J connectivity index is 2.33. The van der Waals surface area contributed by atoms with Gasteiger partial charge < -0.3 is 10.5 Å². The van der Waals surface area contributed by atoms with Crippen LogP contribution >= 0.6 is 22.6 Å². The smallest absolute Gasteiger partial charge is 0.140 e. The van der Waals surface area contributed by atoms with Crippen LogP contribution in [0.15, 0.2) is 42.5 Å². The van der Waals surface area contributed by atoms with Crippen molar-refractivity contribution in [2.24, 2.45) is 5.73 Å². The number of halogens is 2. The third kappa shape index (κ3) is 2.95. The molecule has 0 aliphatic heterocycles. The quantitative estimate of drug-likeness (QED) is 0.863. The highest BCUT2D eigenvalue weighted by molar-refractivity contribution is 14.1. The lowest BCUT2D eigenvalue weighted by Crippen LogP contribution is -2.00. The van der Waals surface area contributed by atoms with Gasteiger partial charge in [0.1, 0.15) is 17.3 Å². The number of rotatable bonds is 3. The first-order chi connectivity index (χ1) is 8.20. The van der Waals surface area contributed by atoms with Crippen molar-refractivity contribution in [2.75, 3.05) is 0 Å². The summed E-state index contributed by atoms with van der Waals surface area (Å²) in [6.45, 7) is 0.247. The fraction of sp³-hybridized carbons (Fsp3) is 0.0769. The standard InChI is InChI=1S/C13H11FINO/c14-10-5-6-12(9(7-10)8-16)17-13-4-2-1-3-11(13)15/h1-7H,8,16H2. The Labute approximate surface area is 113 Å². The van der Waals surface area contributed by atoms with E-state index < -0.39 is 0 Å². The molecule has 0 aliphatic rings. The summed E-state index contributed by atoms with van der Waals surface area (Å²) in [6.07, 6.45) is 0. The molecule has 2 rings (SSSR count). The highest BCUT2D eigenvalue weighted by Gasteiger charge is 2.07. The van der Waals surface area contributed by atoms with E-state index in [-0.39, 0.29) is 12.4 Å². The van der Waals surface area contributed by atoms with Crippen LogP contribution in [0.2, 0.25) is 0 Å². The van der Waals surface area contributed by atoms with Crippen LogP contribution in [0.5, 0.6) is 11.5 Å². The fourth-order valence-electron chi connectivity index (χ4n) is 1.45. The molecular weight excluding hydrogens is 332 g/mol. The number of hydrogen-bond donors (Lipinski definition) is 1. The molecule has 88 valence electrons. The zero-order valence-corrected chi connectivity index (χ0v) is 11.1. The molecule has 0 aliphatic carbocycles. The molecule has 0 atom stereocenters. The number of para-hydroxylation sites is 1. The third-order valence-electron chi connectivity index (χ3n) is 2.30. The first-order valence-corrected chi connectivity index (χ1v) is 6.19. The van der Waals surface area contributed by atoms with E-state index in [4.69, 9.17) is 10.5 Å². The highest BCUT2D eigenvalue weighted by atomic mass is 127. The van der Waals surface area contributed by atoms with Gasteiger partial charge in [0, 0.05) is 12.1 Å². The van der Waals surface area contributed by atoms with Crippen LogP contribution in [0.3, 0.4) is 0 Å². The fourth-order valence-corrected chi connectivity index (χ4v) is 1.95. The number of ether oxygens (including phenoxy) is 1. The van der Waals surface area contributed by atoms with Gasteiger partial charge in [0.2, 0.25) is 0 Å². The maximum Gasteiger partial charge on any atom is 0.140 e. The molecule has 2 aromatic rings. The molecule has 0 fully saturated rings. The Hall–Kier alpha value is -1.14. The van der Waals surface area contributed by atoms with Crippen LogP contribution < -0.4 is 10.5 Å². The van der Waals surface area contributed by atoms with Gasteiger partial charge in [0.05, 0.1) is 3.57 Å².